The summed E-state index contributed by atoms with van der Waals surface area (Å²) in [4.78, 5) is 4.12. The van der Waals surface area contributed by atoms with Crippen molar-refractivity contribution in [1.29, 1.82) is 5.26 Å². The van der Waals surface area contributed by atoms with Crippen molar-refractivity contribution in [3.05, 3.63) is 17.8 Å². The zero-order chi connectivity index (χ0) is 13.6. The van der Waals surface area contributed by atoms with Gasteiger partial charge in [0.2, 0.25) is 0 Å². The fourth-order valence-corrected chi connectivity index (χ4v) is 1.66. The molecule has 0 saturated carbocycles. The van der Waals surface area contributed by atoms with Crippen LogP contribution >= 0.6 is 0 Å². The number of aliphatic hydroxyl groups is 1. The maximum atomic E-state index is 8.83. The normalized spacial score (nSPS) is 11.0. The molecule has 4 N–H and O–H groups in total. The molecule has 0 aliphatic heterocycles. The molecule has 0 radical (unpaired) electrons. The molecule has 0 aliphatic rings. The minimum absolute atomic E-state index is 0.0603. The van der Waals surface area contributed by atoms with Crippen LogP contribution in [0.4, 0.5) is 11.5 Å². The van der Waals surface area contributed by atoms with Crippen molar-refractivity contribution < 1.29 is 5.11 Å². The van der Waals surface area contributed by atoms with E-state index in [-0.39, 0.29) is 12.0 Å². The van der Waals surface area contributed by atoms with Crippen LogP contribution in [0.25, 0.3) is 0 Å². The number of rotatable bonds is 6. The van der Waals surface area contributed by atoms with Crippen molar-refractivity contribution in [2.75, 3.05) is 24.2 Å². The number of nitrogens with zero attached hydrogens (tertiary/aromatic N) is 2. The Kier molecular flexibility index (Phi) is 4.93. The molecule has 1 heterocycles. The quantitative estimate of drug-likeness (QED) is 0.712. The van der Waals surface area contributed by atoms with Crippen molar-refractivity contribution in [3.63, 3.8) is 0 Å². The molecule has 0 unspecified atom stereocenters. The van der Waals surface area contributed by atoms with Gasteiger partial charge in [0.25, 0.3) is 0 Å². The van der Waals surface area contributed by atoms with E-state index in [0.29, 0.717) is 17.1 Å². The van der Waals surface area contributed by atoms with Crippen LogP contribution in [-0.4, -0.2) is 23.2 Å². The highest BCUT2D eigenvalue weighted by atomic mass is 16.2. The summed E-state index contributed by atoms with van der Waals surface area (Å²) in [6.45, 7) is 5.17. The van der Waals surface area contributed by atoms with Gasteiger partial charge in [0.15, 0.2) is 0 Å². The van der Waals surface area contributed by atoms with Gasteiger partial charge in [0.05, 0.1) is 11.3 Å². The summed E-state index contributed by atoms with van der Waals surface area (Å²) in [7, 11) is 0. The van der Waals surface area contributed by atoms with Crippen molar-refractivity contribution in [2.24, 2.45) is 5.41 Å². The number of nitrogen functional groups attached to an aromatic ring is 1. The Morgan fingerprint density at radius 1 is 1.56 bits per heavy atom. The van der Waals surface area contributed by atoms with Gasteiger partial charge in [-0.1, -0.05) is 13.8 Å². The average molecular weight is 248 g/mol. The van der Waals surface area contributed by atoms with Gasteiger partial charge >= 0.3 is 0 Å². The Morgan fingerprint density at radius 2 is 2.28 bits per heavy atom. The molecule has 0 saturated heterocycles. The van der Waals surface area contributed by atoms with Crippen LogP contribution in [0.15, 0.2) is 12.3 Å². The Labute approximate surface area is 108 Å². The van der Waals surface area contributed by atoms with Gasteiger partial charge in [-0.15, -0.1) is 0 Å². The third-order valence-corrected chi connectivity index (χ3v) is 2.79. The Bertz CT molecular complexity index is 437. The highest BCUT2D eigenvalue weighted by molar-refractivity contribution is 5.63. The Balaban J connectivity index is 2.61. The van der Waals surface area contributed by atoms with Gasteiger partial charge in [-0.25, -0.2) is 4.98 Å². The summed E-state index contributed by atoms with van der Waals surface area (Å²) in [5, 5.41) is 20.7. The lowest BCUT2D eigenvalue weighted by Gasteiger charge is -2.25. The number of nitrogens with two attached hydrogens (primary N) is 1. The molecule has 5 nitrogen and oxygen atoms in total. The second-order valence-corrected chi connectivity index (χ2v) is 5.12. The monoisotopic (exact) mass is 248 g/mol. The van der Waals surface area contributed by atoms with Gasteiger partial charge in [0.1, 0.15) is 11.9 Å². The molecule has 5 heteroatoms. The third kappa shape index (κ3) is 4.22. The smallest absolute Gasteiger partial charge is 0.149 e. The Morgan fingerprint density at radius 3 is 2.83 bits per heavy atom. The maximum absolute atomic E-state index is 8.83. The van der Waals surface area contributed by atoms with Crippen LogP contribution in [0.1, 0.15) is 32.3 Å². The minimum Gasteiger partial charge on any atom is -0.396 e. The molecule has 0 atom stereocenters. The fraction of sp³-hybridized carbons (Fsp3) is 0.538. The molecule has 0 amide bonds. The summed E-state index contributed by atoms with van der Waals surface area (Å²) in [6, 6.07) is 3.60. The number of hydrogen-bond donors (Lipinski definition) is 3. The number of nitrogens with one attached hydrogen (secondary N) is 1. The van der Waals surface area contributed by atoms with Gasteiger partial charge in [-0.3, -0.25) is 0 Å². The van der Waals surface area contributed by atoms with E-state index in [0.717, 1.165) is 19.4 Å². The van der Waals surface area contributed by atoms with Crippen molar-refractivity contribution in [2.45, 2.75) is 26.7 Å². The number of anilines is 2. The topological polar surface area (TPSA) is 95.0 Å². The summed E-state index contributed by atoms with van der Waals surface area (Å²) < 4.78 is 0. The zero-order valence-corrected chi connectivity index (χ0v) is 10.9. The number of aliphatic hydroxyl groups excluding tert-OH is 1. The zero-order valence-electron chi connectivity index (χ0n) is 10.9. The molecular formula is C13H20N4O. The molecule has 98 valence electrons. The lowest BCUT2D eigenvalue weighted by Crippen LogP contribution is -2.24. The predicted octanol–water partition coefficient (Wildman–Crippen LogP) is 1.75. The van der Waals surface area contributed by atoms with Crippen LogP contribution in [0.2, 0.25) is 0 Å². The highest BCUT2D eigenvalue weighted by Gasteiger charge is 2.17. The number of aromatic nitrogens is 1. The molecule has 0 aromatic carbocycles. The van der Waals surface area contributed by atoms with Crippen LogP contribution in [0.3, 0.4) is 0 Å². The van der Waals surface area contributed by atoms with E-state index in [1.54, 1.807) is 6.07 Å². The first-order chi connectivity index (χ1) is 8.48. The van der Waals surface area contributed by atoms with Crippen molar-refractivity contribution in [1.82, 2.24) is 4.98 Å². The summed E-state index contributed by atoms with van der Waals surface area (Å²) in [5.41, 5.74) is 6.81. The molecule has 18 heavy (non-hydrogen) atoms. The highest BCUT2D eigenvalue weighted by Crippen LogP contribution is 2.24. The van der Waals surface area contributed by atoms with Crippen LogP contribution in [0.5, 0.6) is 0 Å². The molecule has 1 rings (SSSR count). The predicted molar refractivity (Wildman–Crippen MR) is 72.0 cm³/mol. The number of hydrogen-bond acceptors (Lipinski definition) is 5. The van der Waals surface area contributed by atoms with E-state index in [4.69, 9.17) is 16.1 Å². The van der Waals surface area contributed by atoms with Gasteiger partial charge < -0.3 is 16.2 Å². The minimum atomic E-state index is 0.0603. The molecular weight excluding hydrogens is 228 g/mol. The lowest BCUT2D eigenvalue weighted by molar-refractivity contribution is 0.248. The van der Waals surface area contributed by atoms with Crippen molar-refractivity contribution >= 4 is 11.5 Å². The summed E-state index contributed by atoms with van der Waals surface area (Å²) in [6.07, 6.45) is 3.21. The van der Waals surface area contributed by atoms with Crippen LogP contribution in [-0.2, 0) is 0 Å². The van der Waals surface area contributed by atoms with E-state index in [9.17, 15) is 0 Å². The second kappa shape index (κ2) is 6.22. The maximum Gasteiger partial charge on any atom is 0.149 e. The first kappa shape index (κ1) is 14.3. The first-order valence-electron chi connectivity index (χ1n) is 5.99. The Hall–Kier alpha value is -1.80. The molecule has 1 aromatic heterocycles. The average Bonchev–Trinajstić information content (AvgIpc) is 2.35. The molecule has 0 spiro atoms. The van der Waals surface area contributed by atoms with E-state index in [2.05, 4.69) is 24.1 Å². The second-order valence-electron chi connectivity index (χ2n) is 5.12. The van der Waals surface area contributed by atoms with E-state index in [1.165, 1.54) is 6.20 Å². The molecule has 1 aromatic rings. The SMILES string of the molecule is CC(C)(CCCO)CNc1ncc(C#N)cc1N. The summed E-state index contributed by atoms with van der Waals surface area (Å²) in [5.74, 6) is 0.603. The fourth-order valence-electron chi connectivity index (χ4n) is 1.66. The van der Waals surface area contributed by atoms with Crippen molar-refractivity contribution in [3.8, 4) is 6.07 Å². The first-order valence-corrected chi connectivity index (χ1v) is 5.99. The van der Waals surface area contributed by atoms with E-state index >= 15 is 0 Å². The van der Waals surface area contributed by atoms with Crippen LogP contribution in [0, 0.1) is 16.7 Å². The number of pyridine rings is 1. The van der Waals surface area contributed by atoms with Gasteiger partial charge in [0, 0.05) is 19.3 Å². The van der Waals surface area contributed by atoms with Crippen LogP contribution < -0.4 is 11.1 Å². The lowest BCUT2D eigenvalue weighted by atomic mass is 9.88. The number of nitriles is 1. The molecule has 0 bridgehead atoms. The molecule has 0 aliphatic carbocycles. The summed E-state index contributed by atoms with van der Waals surface area (Å²) >= 11 is 0. The largest absolute Gasteiger partial charge is 0.396 e. The van der Waals surface area contributed by atoms with E-state index < -0.39 is 0 Å². The standard InChI is InChI=1S/C13H20N4O/c1-13(2,4-3-5-18)9-17-12-11(15)6-10(7-14)8-16-12/h6,8,18H,3-5,9,15H2,1-2H3,(H,16,17). The third-order valence-electron chi connectivity index (χ3n) is 2.79. The van der Waals surface area contributed by atoms with Gasteiger partial charge in [-0.05, 0) is 24.3 Å². The van der Waals surface area contributed by atoms with E-state index in [1.807, 2.05) is 6.07 Å². The van der Waals surface area contributed by atoms with Gasteiger partial charge in [-0.2, -0.15) is 5.26 Å². The molecule has 0 fully saturated rings.